The summed E-state index contributed by atoms with van der Waals surface area (Å²) in [6.45, 7) is 1.79. The van der Waals surface area contributed by atoms with E-state index in [4.69, 9.17) is 5.73 Å². The summed E-state index contributed by atoms with van der Waals surface area (Å²) in [5, 5.41) is 19.6. The van der Waals surface area contributed by atoms with E-state index in [1.165, 1.54) is 17.7 Å². The zero-order valence-corrected chi connectivity index (χ0v) is 14.1. The van der Waals surface area contributed by atoms with Gasteiger partial charge in [-0.05, 0) is 47.6 Å². The molecule has 5 nitrogen and oxygen atoms in total. The van der Waals surface area contributed by atoms with Crippen molar-refractivity contribution < 1.29 is 15.0 Å². The molecule has 1 heterocycles. The van der Waals surface area contributed by atoms with E-state index in [-0.39, 0.29) is 11.7 Å². The second kappa shape index (κ2) is 7.68. The number of aromatic hydroxyl groups is 1. The van der Waals surface area contributed by atoms with Crippen molar-refractivity contribution in [3.8, 4) is 5.75 Å². The Hall–Kier alpha value is -2.37. The van der Waals surface area contributed by atoms with Gasteiger partial charge in [-0.15, -0.1) is 0 Å². The van der Waals surface area contributed by atoms with Crippen LogP contribution in [0.15, 0.2) is 48.5 Å². The largest absolute Gasteiger partial charge is 0.508 e. The molecule has 1 aliphatic heterocycles. The van der Waals surface area contributed by atoms with E-state index < -0.39 is 6.10 Å². The average Bonchev–Trinajstić information content (AvgIpc) is 2.67. The summed E-state index contributed by atoms with van der Waals surface area (Å²) in [5.41, 5.74) is 8.61. The lowest BCUT2D eigenvalue weighted by Crippen LogP contribution is -2.40. The first kappa shape index (κ1) is 17.5. The minimum Gasteiger partial charge on any atom is -0.508 e. The molecule has 1 saturated heterocycles. The van der Waals surface area contributed by atoms with Gasteiger partial charge < -0.3 is 20.8 Å². The number of hydrogen-bond donors (Lipinski definition) is 3. The predicted molar refractivity (Wildman–Crippen MR) is 96.0 cm³/mol. The number of carbonyl (C=O) groups is 1. The number of nitrogens with zero attached hydrogens (tertiary/aromatic N) is 1. The van der Waals surface area contributed by atoms with Gasteiger partial charge in [-0.25, -0.2) is 0 Å². The summed E-state index contributed by atoms with van der Waals surface area (Å²) in [7, 11) is 0. The van der Waals surface area contributed by atoms with Gasteiger partial charge in [0.25, 0.3) is 5.91 Å². The second-order valence-electron chi connectivity index (χ2n) is 6.54. The van der Waals surface area contributed by atoms with Crippen LogP contribution in [-0.4, -0.2) is 34.1 Å². The summed E-state index contributed by atoms with van der Waals surface area (Å²) >= 11 is 0. The average molecular weight is 340 g/mol. The van der Waals surface area contributed by atoms with E-state index in [0.29, 0.717) is 31.1 Å². The van der Waals surface area contributed by atoms with Crippen molar-refractivity contribution in [3.63, 3.8) is 0 Å². The standard InChI is InChI=1S/C20H24N2O3/c21-13-14-2-1-3-17(12-14)15-8-10-22(11-9-15)20(25)19(24)16-4-6-18(23)7-5-16/h1-7,12,15,19,23-24H,8-11,13,21H2. The number of phenolic OH excluding ortho intramolecular Hbond substituents is 1. The van der Waals surface area contributed by atoms with Gasteiger partial charge in [0.2, 0.25) is 0 Å². The highest BCUT2D eigenvalue weighted by molar-refractivity contribution is 5.82. The fourth-order valence-corrected chi connectivity index (χ4v) is 3.38. The molecule has 0 bridgehead atoms. The first-order valence-electron chi connectivity index (χ1n) is 8.63. The molecular formula is C20H24N2O3. The molecule has 1 atom stereocenters. The molecule has 2 aromatic rings. The highest BCUT2D eigenvalue weighted by atomic mass is 16.3. The number of aliphatic hydroxyl groups is 1. The molecule has 0 spiro atoms. The Morgan fingerprint density at radius 3 is 2.48 bits per heavy atom. The van der Waals surface area contributed by atoms with E-state index in [1.54, 1.807) is 17.0 Å². The molecule has 4 N–H and O–H groups in total. The van der Waals surface area contributed by atoms with Gasteiger partial charge in [-0.1, -0.05) is 36.4 Å². The Morgan fingerprint density at radius 1 is 1.16 bits per heavy atom. The number of amides is 1. The summed E-state index contributed by atoms with van der Waals surface area (Å²) in [4.78, 5) is 14.2. The molecule has 0 saturated carbocycles. The minimum atomic E-state index is -1.18. The molecule has 1 fully saturated rings. The molecule has 0 aromatic heterocycles. The molecule has 25 heavy (non-hydrogen) atoms. The Bertz CT molecular complexity index is 722. The van der Waals surface area contributed by atoms with Crippen molar-refractivity contribution in [3.05, 3.63) is 65.2 Å². The predicted octanol–water partition coefficient (Wildman–Crippen LogP) is 2.29. The zero-order chi connectivity index (χ0) is 17.8. The van der Waals surface area contributed by atoms with Crippen LogP contribution < -0.4 is 5.73 Å². The van der Waals surface area contributed by atoms with Gasteiger partial charge in [-0.2, -0.15) is 0 Å². The van der Waals surface area contributed by atoms with Crippen molar-refractivity contribution in [1.29, 1.82) is 0 Å². The van der Waals surface area contributed by atoms with Gasteiger partial charge >= 0.3 is 0 Å². The van der Waals surface area contributed by atoms with Crippen LogP contribution in [0, 0.1) is 0 Å². The lowest BCUT2D eigenvalue weighted by Gasteiger charge is -2.33. The lowest BCUT2D eigenvalue weighted by molar-refractivity contribution is -0.141. The van der Waals surface area contributed by atoms with Crippen molar-refractivity contribution in [1.82, 2.24) is 4.90 Å². The van der Waals surface area contributed by atoms with E-state index in [1.807, 2.05) is 12.1 Å². The smallest absolute Gasteiger partial charge is 0.256 e. The molecule has 1 aliphatic rings. The van der Waals surface area contributed by atoms with E-state index in [2.05, 4.69) is 12.1 Å². The number of piperidine rings is 1. The molecule has 1 amide bonds. The number of nitrogens with two attached hydrogens (primary N) is 1. The van der Waals surface area contributed by atoms with Crippen LogP contribution in [0.2, 0.25) is 0 Å². The molecule has 132 valence electrons. The van der Waals surface area contributed by atoms with Crippen molar-refractivity contribution in [2.45, 2.75) is 31.4 Å². The maximum Gasteiger partial charge on any atom is 0.256 e. The summed E-state index contributed by atoms with van der Waals surface area (Å²) < 4.78 is 0. The van der Waals surface area contributed by atoms with Crippen LogP contribution in [0.3, 0.4) is 0 Å². The van der Waals surface area contributed by atoms with E-state index >= 15 is 0 Å². The van der Waals surface area contributed by atoms with Crippen LogP contribution in [0.25, 0.3) is 0 Å². The number of carbonyl (C=O) groups excluding carboxylic acids is 1. The molecule has 3 rings (SSSR count). The van der Waals surface area contributed by atoms with Gasteiger partial charge in [0.1, 0.15) is 5.75 Å². The Morgan fingerprint density at radius 2 is 1.84 bits per heavy atom. The SMILES string of the molecule is NCc1cccc(C2CCN(C(=O)C(O)c3ccc(O)cc3)CC2)c1. The number of rotatable bonds is 4. The molecule has 2 aromatic carbocycles. The topological polar surface area (TPSA) is 86.8 Å². The molecule has 5 heteroatoms. The lowest BCUT2D eigenvalue weighted by atomic mass is 9.88. The minimum absolute atomic E-state index is 0.115. The highest BCUT2D eigenvalue weighted by Gasteiger charge is 2.28. The third-order valence-electron chi connectivity index (χ3n) is 4.91. The van der Waals surface area contributed by atoms with Gasteiger partial charge in [0.15, 0.2) is 6.10 Å². The van der Waals surface area contributed by atoms with Crippen LogP contribution in [-0.2, 0) is 11.3 Å². The summed E-state index contributed by atoms with van der Waals surface area (Å²) in [5.74, 6) is 0.255. The molecule has 0 radical (unpaired) electrons. The van der Waals surface area contributed by atoms with Gasteiger partial charge in [-0.3, -0.25) is 4.79 Å². The number of hydrogen-bond acceptors (Lipinski definition) is 4. The van der Waals surface area contributed by atoms with Crippen LogP contribution in [0.5, 0.6) is 5.75 Å². The first-order chi connectivity index (χ1) is 12.1. The van der Waals surface area contributed by atoms with E-state index in [9.17, 15) is 15.0 Å². The van der Waals surface area contributed by atoms with Gasteiger partial charge in [0.05, 0.1) is 0 Å². The zero-order valence-electron chi connectivity index (χ0n) is 14.1. The third kappa shape index (κ3) is 4.00. The number of aliphatic hydroxyl groups excluding tert-OH is 1. The highest BCUT2D eigenvalue weighted by Crippen LogP contribution is 2.30. The fraction of sp³-hybridized carbons (Fsp3) is 0.350. The third-order valence-corrected chi connectivity index (χ3v) is 4.91. The summed E-state index contributed by atoms with van der Waals surface area (Å²) in [6, 6.07) is 14.4. The van der Waals surface area contributed by atoms with Gasteiger partial charge in [0, 0.05) is 19.6 Å². The Kier molecular flexibility index (Phi) is 5.36. The number of likely N-dealkylation sites (tertiary alicyclic amines) is 1. The van der Waals surface area contributed by atoms with Crippen molar-refractivity contribution in [2.75, 3.05) is 13.1 Å². The van der Waals surface area contributed by atoms with Crippen molar-refractivity contribution in [2.24, 2.45) is 5.73 Å². The maximum absolute atomic E-state index is 12.5. The van der Waals surface area contributed by atoms with Crippen LogP contribution in [0.4, 0.5) is 0 Å². The second-order valence-corrected chi connectivity index (χ2v) is 6.54. The van der Waals surface area contributed by atoms with Crippen LogP contribution in [0.1, 0.15) is 41.6 Å². The van der Waals surface area contributed by atoms with Crippen LogP contribution >= 0.6 is 0 Å². The monoisotopic (exact) mass is 340 g/mol. The Labute approximate surface area is 147 Å². The quantitative estimate of drug-likeness (QED) is 0.797. The molecule has 1 unspecified atom stereocenters. The molecule has 0 aliphatic carbocycles. The number of phenols is 1. The summed E-state index contributed by atoms with van der Waals surface area (Å²) in [6.07, 6.45) is 0.571. The Balaban J connectivity index is 1.61. The number of benzene rings is 2. The maximum atomic E-state index is 12.5. The first-order valence-corrected chi connectivity index (χ1v) is 8.63. The van der Waals surface area contributed by atoms with Crippen molar-refractivity contribution >= 4 is 5.91 Å². The fourth-order valence-electron chi connectivity index (χ4n) is 3.38. The molecular weight excluding hydrogens is 316 g/mol. The normalized spacial score (nSPS) is 16.6. The van der Waals surface area contributed by atoms with E-state index in [0.717, 1.165) is 18.4 Å².